The predicted octanol–water partition coefficient (Wildman–Crippen LogP) is 3.47. The molecule has 0 atom stereocenters. The third-order valence-electron chi connectivity index (χ3n) is 2.87. The summed E-state index contributed by atoms with van der Waals surface area (Å²) >= 11 is 12.0. The molecule has 0 radical (unpaired) electrons. The van der Waals surface area contributed by atoms with Gasteiger partial charge in [0.25, 0.3) is 5.91 Å². The Morgan fingerprint density at radius 2 is 1.59 bits per heavy atom. The Morgan fingerprint density at radius 3 is 2.23 bits per heavy atom. The number of ether oxygens (including phenoxy) is 1. The van der Waals surface area contributed by atoms with E-state index in [0.717, 1.165) is 0 Å². The van der Waals surface area contributed by atoms with Crippen LogP contribution >= 0.6 is 23.2 Å². The van der Waals surface area contributed by atoms with Crippen molar-refractivity contribution in [1.29, 1.82) is 0 Å². The van der Waals surface area contributed by atoms with Crippen LogP contribution in [0.5, 0.6) is 0 Å². The van der Waals surface area contributed by atoms with Crippen LogP contribution in [0.15, 0.2) is 48.5 Å². The van der Waals surface area contributed by atoms with E-state index in [1.165, 1.54) is 0 Å². The minimum atomic E-state index is -0.569. The van der Waals surface area contributed by atoms with Gasteiger partial charge in [-0.3, -0.25) is 9.59 Å². The maximum atomic E-state index is 11.8. The third kappa shape index (κ3) is 4.48. The number of amides is 1. The van der Waals surface area contributed by atoms with E-state index < -0.39 is 5.97 Å². The molecule has 0 aliphatic heterocycles. The topological polar surface area (TPSA) is 55.4 Å². The lowest BCUT2D eigenvalue weighted by Crippen LogP contribution is -2.30. The molecule has 1 amide bonds. The Hall–Kier alpha value is -2.04. The fourth-order valence-electron chi connectivity index (χ4n) is 1.72. The van der Waals surface area contributed by atoms with Crippen molar-refractivity contribution in [3.05, 3.63) is 69.7 Å². The highest BCUT2D eigenvalue weighted by Gasteiger charge is 2.11. The lowest BCUT2D eigenvalue weighted by molar-refractivity contribution is -0.143. The second-order valence-corrected chi connectivity index (χ2v) is 5.22. The monoisotopic (exact) mass is 337 g/mol. The highest BCUT2D eigenvalue weighted by molar-refractivity contribution is 6.35. The number of carbonyl (C=O) groups excluding carboxylic acids is 2. The molecule has 0 spiro atoms. The molecule has 0 fully saturated rings. The maximum absolute atomic E-state index is 11.8. The van der Waals surface area contributed by atoms with Crippen LogP contribution in [0.25, 0.3) is 0 Å². The van der Waals surface area contributed by atoms with Gasteiger partial charge in [-0.2, -0.15) is 0 Å². The molecule has 0 unspecified atom stereocenters. The van der Waals surface area contributed by atoms with Gasteiger partial charge < -0.3 is 10.1 Å². The molecule has 22 heavy (non-hydrogen) atoms. The van der Waals surface area contributed by atoms with E-state index in [-0.39, 0.29) is 19.1 Å². The van der Waals surface area contributed by atoms with Crippen LogP contribution in [-0.4, -0.2) is 18.4 Å². The summed E-state index contributed by atoms with van der Waals surface area (Å²) in [6.45, 7) is -0.269. The van der Waals surface area contributed by atoms with Crippen LogP contribution in [0, 0.1) is 0 Å². The summed E-state index contributed by atoms with van der Waals surface area (Å²) in [5.74, 6) is -0.909. The molecule has 2 aromatic rings. The molecule has 1 N–H and O–H groups in total. The number of benzene rings is 2. The van der Waals surface area contributed by atoms with Crippen molar-refractivity contribution < 1.29 is 14.3 Å². The van der Waals surface area contributed by atoms with E-state index in [1.54, 1.807) is 48.5 Å². The van der Waals surface area contributed by atoms with Crippen molar-refractivity contribution in [3.63, 3.8) is 0 Å². The maximum Gasteiger partial charge on any atom is 0.325 e. The zero-order valence-electron chi connectivity index (χ0n) is 11.5. The molecule has 114 valence electrons. The van der Waals surface area contributed by atoms with E-state index in [2.05, 4.69) is 5.32 Å². The Balaban J connectivity index is 1.83. The van der Waals surface area contributed by atoms with Gasteiger partial charge in [0, 0.05) is 21.2 Å². The largest absolute Gasteiger partial charge is 0.459 e. The number of rotatable bonds is 5. The number of hydrogen-bond donors (Lipinski definition) is 1. The molecule has 4 nitrogen and oxygen atoms in total. The lowest BCUT2D eigenvalue weighted by Gasteiger charge is -2.09. The van der Waals surface area contributed by atoms with Crippen LogP contribution in [-0.2, 0) is 16.1 Å². The Morgan fingerprint density at radius 1 is 0.955 bits per heavy atom. The average molecular weight is 338 g/mol. The summed E-state index contributed by atoms with van der Waals surface area (Å²) in [4.78, 5) is 23.4. The average Bonchev–Trinajstić information content (AvgIpc) is 2.53. The fourth-order valence-corrected chi connectivity index (χ4v) is 2.22. The third-order valence-corrected chi connectivity index (χ3v) is 3.58. The van der Waals surface area contributed by atoms with Crippen molar-refractivity contribution in [2.45, 2.75) is 6.61 Å². The first kappa shape index (κ1) is 16.3. The van der Waals surface area contributed by atoms with Crippen LogP contribution in [0.4, 0.5) is 0 Å². The second-order valence-electron chi connectivity index (χ2n) is 4.41. The molecule has 0 aliphatic carbocycles. The molecule has 0 aromatic heterocycles. The Bertz CT molecular complexity index is 654. The predicted molar refractivity (Wildman–Crippen MR) is 85.0 cm³/mol. The number of halogens is 2. The zero-order valence-corrected chi connectivity index (χ0v) is 13.0. The van der Waals surface area contributed by atoms with Crippen molar-refractivity contribution >= 4 is 35.1 Å². The minimum absolute atomic E-state index is 0.0431. The van der Waals surface area contributed by atoms with Gasteiger partial charge in [0.15, 0.2) is 0 Å². The van der Waals surface area contributed by atoms with Crippen LogP contribution in [0.1, 0.15) is 15.9 Å². The molecular weight excluding hydrogens is 325 g/mol. The first-order valence-electron chi connectivity index (χ1n) is 6.49. The van der Waals surface area contributed by atoms with Gasteiger partial charge >= 0.3 is 5.97 Å². The van der Waals surface area contributed by atoms with Crippen molar-refractivity contribution in [1.82, 2.24) is 5.32 Å². The molecule has 2 rings (SSSR count). The van der Waals surface area contributed by atoms with Crippen molar-refractivity contribution in [2.75, 3.05) is 6.54 Å². The summed E-state index contributed by atoms with van der Waals surface area (Å²) < 4.78 is 5.05. The summed E-state index contributed by atoms with van der Waals surface area (Å²) in [6, 6.07) is 13.6. The van der Waals surface area contributed by atoms with Gasteiger partial charge in [-0.05, 0) is 24.3 Å². The van der Waals surface area contributed by atoms with Gasteiger partial charge in [0.1, 0.15) is 13.2 Å². The van der Waals surface area contributed by atoms with Crippen LogP contribution < -0.4 is 5.32 Å². The summed E-state index contributed by atoms with van der Waals surface area (Å²) in [6.07, 6.45) is 0. The van der Waals surface area contributed by atoms with Gasteiger partial charge in [-0.15, -0.1) is 0 Å². The van der Waals surface area contributed by atoms with E-state index >= 15 is 0 Å². The van der Waals surface area contributed by atoms with Gasteiger partial charge in [-0.1, -0.05) is 47.5 Å². The molecule has 0 saturated heterocycles. The molecule has 0 saturated carbocycles. The minimum Gasteiger partial charge on any atom is -0.459 e. The fraction of sp³-hybridized carbons (Fsp3) is 0.125. The van der Waals surface area contributed by atoms with Gasteiger partial charge in [0.05, 0.1) is 0 Å². The molecule has 6 heteroatoms. The SMILES string of the molecule is O=C(CNC(=O)c1ccccc1)OCc1c(Cl)cccc1Cl. The lowest BCUT2D eigenvalue weighted by atomic mass is 10.2. The summed E-state index contributed by atoms with van der Waals surface area (Å²) in [5, 5.41) is 3.33. The van der Waals surface area contributed by atoms with E-state index in [1.807, 2.05) is 0 Å². The van der Waals surface area contributed by atoms with Crippen LogP contribution in [0.2, 0.25) is 10.0 Å². The zero-order chi connectivity index (χ0) is 15.9. The summed E-state index contributed by atoms with van der Waals surface area (Å²) in [5.41, 5.74) is 1.01. The van der Waals surface area contributed by atoms with E-state index in [4.69, 9.17) is 27.9 Å². The Labute approximate surface area is 138 Å². The summed E-state index contributed by atoms with van der Waals surface area (Å²) in [7, 11) is 0. The molecule has 0 heterocycles. The quantitative estimate of drug-likeness (QED) is 0.850. The molecule has 0 aliphatic rings. The number of nitrogens with one attached hydrogen (secondary N) is 1. The first-order chi connectivity index (χ1) is 10.6. The highest BCUT2D eigenvalue weighted by atomic mass is 35.5. The van der Waals surface area contributed by atoms with Crippen molar-refractivity contribution in [3.8, 4) is 0 Å². The molecule has 2 aromatic carbocycles. The van der Waals surface area contributed by atoms with Gasteiger partial charge in [0.2, 0.25) is 0 Å². The second kappa shape index (κ2) is 7.82. The highest BCUT2D eigenvalue weighted by Crippen LogP contribution is 2.24. The van der Waals surface area contributed by atoms with E-state index in [9.17, 15) is 9.59 Å². The van der Waals surface area contributed by atoms with Crippen LogP contribution in [0.3, 0.4) is 0 Å². The standard InChI is InChI=1S/C16H13Cl2NO3/c17-13-7-4-8-14(18)12(13)10-22-15(20)9-19-16(21)11-5-2-1-3-6-11/h1-8H,9-10H2,(H,19,21). The number of hydrogen-bond acceptors (Lipinski definition) is 3. The Kier molecular flexibility index (Phi) is 5.81. The number of carbonyl (C=O) groups is 2. The normalized spacial score (nSPS) is 10.1. The van der Waals surface area contributed by atoms with Crippen molar-refractivity contribution in [2.24, 2.45) is 0 Å². The molecule has 0 bridgehead atoms. The smallest absolute Gasteiger partial charge is 0.325 e. The van der Waals surface area contributed by atoms with Gasteiger partial charge in [-0.25, -0.2) is 0 Å². The number of esters is 1. The molecular formula is C16H13Cl2NO3. The first-order valence-corrected chi connectivity index (χ1v) is 7.25. The van der Waals surface area contributed by atoms with E-state index in [0.29, 0.717) is 21.2 Å².